The van der Waals surface area contributed by atoms with Crippen molar-refractivity contribution in [2.24, 2.45) is 11.3 Å². The van der Waals surface area contributed by atoms with Crippen LogP contribution in [0.15, 0.2) is 16.9 Å². The molecule has 3 heterocycles. The molecular formula is C23H32F3N3O3. The predicted molar refractivity (Wildman–Crippen MR) is 113 cm³/mol. The highest BCUT2D eigenvalue weighted by Crippen LogP contribution is 2.46. The lowest BCUT2D eigenvalue weighted by molar-refractivity contribution is -0.146. The Hall–Kier alpha value is -1.87. The number of fused-ring (bicyclic) bond motifs is 1. The second-order valence-electron chi connectivity index (χ2n) is 9.75. The SMILES string of the molecule is CC(C)[C@]1(C(=O)N2CCn3c(cc(C(F)(F)F)cc3=O)C2)CCC(NC2CCOCC2)C1. The maximum atomic E-state index is 13.7. The van der Waals surface area contributed by atoms with Gasteiger partial charge in [-0.1, -0.05) is 13.8 Å². The third-order valence-electron chi connectivity index (χ3n) is 7.55. The van der Waals surface area contributed by atoms with E-state index in [-0.39, 0.29) is 36.7 Å². The minimum Gasteiger partial charge on any atom is -0.381 e. The molecule has 2 atom stereocenters. The standard InChI is InChI=1S/C23H32F3N3O3/c1-15(2)22(6-3-18(13-22)27-17-4-9-32-10-5-17)21(31)28-7-8-29-19(14-28)11-16(12-20(29)30)23(24,25)26/h11-12,15,17-18,27H,3-10,13-14H2,1-2H3/t18?,22-/m0/s1. The van der Waals surface area contributed by atoms with Gasteiger partial charge in [0, 0.05) is 50.1 Å². The molecule has 1 aromatic rings. The number of nitrogens with zero attached hydrogens (tertiary/aromatic N) is 2. The number of alkyl halides is 3. The Morgan fingerprint density at radius 3 is 2.53 bits per heavy atom. The molecular weight excluding hydrogens is 423 g/mol. The maximum absolute atomic E-state index is 13.7. The van der Waals surface area contributed by atoms with Crippen molar-refractivity contribution in [3.8, 4) is 0 Å². The van der Waals surface area contributed by atoms with Crippen LogP contribution in [-0.2, 0) is 28.8 Å². The second-order valence-corrected chi connectivity index (χ2v) is 9.75. The number of rotatable bonds is 4. The Bertz CT molecular complexity index is 908. The van der Waals surface area contributed by atoms with Gasteiger partial charge >= 0.3 is 6.18 Å². The normalized spacial score (nSPS) is 27.1. The molecule has 2 aliphatic heterocycles. The van der Waals surface area contributed by atoms with E-state index in [1.165, 1.54) is 4.57 Å². The van der Waals surface area contributed by atoms with E-state index in [4.69, 9.17) is 4.74 Å². The fourth-order valence-electron chi connectivity index (χ4n) is 5.56. The summed E-state index contributed by atoms with van der Waals surface area (Å²) in [5, 5.41) is 3.71. The molecule has 9 heteroatoms. The molecule has 6 nitrogen and oxygen atoms in total. The first-order valence-electron chi connectivity index (χ1n) is 11.5. The van der Waals surface area contributed by atoms with Crippen molar-refractivity contribution in [1.29, 1.82) is 0 Å². The van der Waals surface area contributed by atoms with E-state index in [0.29, 0.717) is 18.7 Å². The molecule has 1 aliphatic carbocycles. The lowest BCUT2D eigenvalue weighted by atomic mass is 9.74. The van der Waals surface area contributed by atoms with E-state index in [1.807, 2.05) is 0 Å². The lowest BCUT2D eigenvalue weighted by Gasteiger charge is -2.40. The Kier molecular flexibility index (Phi) is 6.42. The van der Waals surface area contributed by atoms with E-state index in [2.05, 4.69) is 19.2 Å². The fourth-order valence-corrected chi connectivity index (χ4v) is 5.56. The molecule has 178 valence electrons. The molecule has 1 unspecified atom stereocenters. The van der Waals surface area contributed by atoms with Crippen LogP contribution in [0.25, 0.3) is 0 Å². The van der Waals surface area contributed by atoms with Crippen LogP contribution in [0.5, 0.6) is 0 Å². The third kappa shape index (κ3) is 4.46. The monoisotopic (exact) mass is 455 g/mol. The minimum absolute atomic E-state index is 0.000104. The van der Waals surface area contributed by atoms with Crippen molar-refractivity contribution in [3.05, 3.63) is 33.7 Å². The minimum atomic E-state index is -4.59. The maximum Gasteiger partial charge on any atom is 0.416 e. The largest absolute Gasteiger partial charge is 0.416 e. The van der Waals surface area contributed by atoms with Crippen LogP contribution in [0.4, 0.5) is 13.2 Å². The number of aromatic nitrogens is 1. The van der Waals surface area contributed by atoms with Gasteiger partial charge in [-0.15, -0.1) is 0 Å². The van der Waals surface area contributed by atoms with Crippen LogP contribution >= 0.6 is 0 Å². The molecule has 1 aromatic heterocycles. The number of ether oxygens (including phenoxy) is 1. The van der Waals surface area contributed by atoms with Crippen LogP contribution in [0, 0.1) is 11.3 Å². The molecule has 4 rings (SSSR count). The average molecular weight is 456 g/mol. The van der Waals surface area contributed by atoms with Crippen LogP contribution in [0.2, 0.25) is 0 Å². The van der Waals surface area contributed by atoms with Gasteiger partial charge in [0.1, 0.15) is 0 Å². The summed E-state index contributed by atoms with van der Waals surface area (Å²) in [6.07, 6.45) is -0.252. The summed E-state index contributed by atoms with van der Waals surface area (Å²) in [6, 6.07) is 2.30. The van der Waals surface area contributed by atoms with Crippen LogP contribution in [-0.4, -0.2) is 47.2 Å². The van der Waals surface area contributed by atoms with Gasteiger partial charge in [0.2, 0.25) is 5.91 Å². The number of carbonyl (C=O) groups is 1. The Labute approximate surface area is 186 Å². The molecule has 1 saturated carbocycles. The highest BCUT2D eigenvalue weighted by Gasteiger charge is 2.50. The van der Waals surface area contributed by atoms with E-state index < -0.39 is 22.7 Å². The van der Waals surface area contributed by atoms with Gasteiger partial charge in [0.05, 0.1) is 17.5 Å². The Balaban J connectivity index is 1.51. The molecule has 1 amide bonds. The molecule has 0 aromatic carbocycles. The molecule has 32 heavy (non-hydrogen) atoms. The molecule has 0 radical (unpaired) electrons. The van der Waals surface area contributed by atoms with E-state index in [1.54, 1.807) is 4.90 Å². The number of pyridine rings is 1. The first-order chi connectivity index (χ1) is 15.1. The van der Waals surface area contributed by atoms with Gasteiger partial charge in [-0.05, 0) is 44.1 Å². The number of halogens is 3. The van der Waals surface area contributed by atoms with E-state index in [0.717, 1.165) is 51.4 Å². The predicted octanol–water partition coefficient (Wildman–Crippen LogP) is 3.17. The third-order valence-corrected chi connectivity index (χ3v) is 7.55. The summed E-state index contributed by atoms with van der Waals surface area (Å²) < 4.78 is 46.4. The highest BCUT2D eigenvalue weighted by atomic mass is 19.4. The number of nitrogens with one attached hydrogen (secondary N) is 1. The Morgan fingerprint density at radius 1 is 1.16 bits per heavy atom. The highest BCUT2D eigenvalue weighted by molar-refractivity contribution is 5.83. The molecule has 3 aliphatic rings. The van der Waals surface area contributed by atoms with Crippen LogP contribution < -0.4 is 10.9 Å². The van der Waals surface area contributed by atoms with Gasteiger partial charge in [-0.2, -0.15) is 13.2 Å². The van der Waals surface area contributed by atoms with Crippen LogP contribution in [0.3, 0.4) is 0 Å². The van der Waals surface area contributed by atoms with Crippen molar-refractivity contribution in [2.75, 3.05) is 19.8 Å². The summed E-state index contributed by atoms with van der Waals surface area (Å²) in [7, 11) is 0. The zero-order valence-corrected chi connectivity index (χ0v) is 18.7. The van der Waals surface area contributed by atoms with Gasteiger partial charge in [-0.3, -0.25) is 9.59 Å². The summed E-state index contributed by atoms with van der Waals surface area (Å²) in [4.78, 5) is 27.6. The summed E-state index contributed by atoms with van der Waals surface area (Å²) in [6.45, 7) is 6.21. The molecule has 1 N–H and O–H groups in total. The fraction of sp³-hybridized carbons (Fsp3) is 0.739. The van der Waals surface area contributed by atoms with Crippen molar-refractivity contribution >= 4 is 5.91 Å². The summed E-state index contributed by atoms with van der Waals surface area (Å²) in [5.41, 5.74) is -1.91. The van der Waals surface area contributed by atoms with Gasteiger partial charge in [0.15, 0.2) is 0 Å². The number of carbonyl (C=O) groups excluding carboxylic acids is 1. The smallest absolute Gasteiger partial charge is 0.381 e. The molecule has 0 bridgehead atoms. The van der Waals surface area contributed by atoms with Crippen molar-refractivity contribution in [3.63, 3.8) is 0 Å². The summed E-state index contributed by atoms with van der Waals surface area (Å²) >= 11 is 0. The van der Waals surface area contributed by atoms with Crippen molar-refractivity contribution in [1.82, 2.24) is 14.8 Å². The van der Waals surface area contributed by atoms with Gasteiger partial charge < -0.3 is 19.5 Å². The van der Waals surface area contributed by atoms with Crippen molar-refractivity contribution in [2.45, 2.75) is 77.3 Å². The van der Waals surface area contributed by atoms with Gasteiger partial charge in [0.25, 0.3) is 5.56 Å². The molecule has 0 spiro atoms. The van der Waals surface area contributed by atoms with E-state index >= 15 is 0 Å². The number of hydrogen-bond acceptors (Lipinski definition) is 4. The Morgan fingerprint density at radius 2 is 1.88 bits per heavy atom. The average Bonchev–Trinajstić information content (AvgIpc) is 3.18. The number of amides is 1. The number of hydrogen-bond donors (Lipinski definition) is 1. The molecule has 2 fully saturated rings. The lowest BCUT2D eigenvalue weighted by Crippen LogP contribution is -2.50. The van der Waals surface area contributed by atoms with E-state index in [9.17, 15) is 22.8 Å². The molecule has 1 saturated heterocycles. The first-order valence-corrected chi connectivity index (χ1v) is 11.5. The first kappa shape index (κ1) is 23.3. The zero-order chi connectivity index (χ0) is 23.1. The zero-order valence-electron chi connectivity index (χ0n) is 18.7. The van der Waals surface area contributed by atoms with Crippen LogP contribution in [0.1, 0.15) is 57.2 Å². The topological polar surface area (TPSA) is 63.6 Å². The second kappa shape index (κ2) is 8.82. The quantitative estimate of drug-likeness (QED) is 0.758. The van der Waals surface area contributed by atoms with Crippen molar-refractivity contribution < 1.29 is 22.7 Å². The summed E-state index contributed by atoms with van der Waals surface area (Å²) in [5.74, 6) is 0.113. The van der Waals surface area contributed by atoms with Gasteiger partial charge in [-0.25, -0.2) is 0 Å².